The van der Waals surface area contributed by atoms with E-state index in [9.17, 15) is 4.79 Å². The number of aromatic amines is 1. The molecule has 2 atom stereocenters. The molecule has 1 N–H and O–H groups in total. The number of aryl methyl sites for hydroxylation is 1. The molecule has 0 aromatic carbocycles. The van der Waals surface area contributed by atoms with Crippen LogP contribution >= 0.6 is 0 Å². The maximum atomic E-state index is 12.8. The number of hydrogen-bond donors (Lipinski definition) is 1. The molecule has 3 heterocycles. The largest absolute Gasteiger partial charge is 0.377 e. The van der Waals surface area contributed by atoms with Gasteiger partial charge in [0.05, 0.1) is 6.33 Å². The first kappa shape index (κ1) is 16.3. The van der Waals surface area contributed by atoms with Crippen molar-refractivity contribution >= 4 is 5.91 Å². The van der Waals surface area contributed by atoms with E-state index in [1.54, 1.807) is 13.4 Å². The molecule has 1 saturated carbocycles. The second-order valence-corrected chi connectivity index (χ2v) is 6.98. The van der Waals surface area contributed by atoms with E-state index < -0.39 is 0 Å². The molecule has 8 heteroatoms. The number of methoxy groups -OCH3 is 1. The van der Waals surface area contributed by atoms with Gasteiger partial charge in [-0.3, -0.25) is 9.89 Å². The predicted molar refractivity (Wildman–Crippen MR) is 89.9 cm³/mol. The van der Waals surface area contributed by atoms with Crippen LogP contribution in [0.2, 0.25) is 0 Å². The van der Waals surface area contributed by atoms with Crippen LogP contribution in [0.1, 0.15) is 47.8 Å². The highest BCUT2D eigenvalue weighted by Crippen LogP contribution is 2.47. The zero-order valence-corrected chi connectivity index (χ0v) is 14.7. The molecule has 0 bridgehead atoms. The molecule has 25 heavy (non-hydrogen) atoms. The molecular formula is C17H24N6O2. The van der Waals surface area contributed by atoms with Gasteiger partial charge < -0.3 is 14.2 Å². The molecule has 2 aromatic heterocycles. The van der Waals surface area contributed by atoms with Gasteiger partial charge in [-0.15, -0.1) is 0 Å². The molecule has 1 amide bonds. The Bertz CT molecular complexity index is 750. The minimum atomic E-state index is 0.00741. The molecule has 0 spiro atoms. The molecule has 1 aliphatic heterocycles. The molecule has 2 fully saturated rings. The molecule has 134 valence electrons. The lowest BCUT2D eigenvalue weighted by atomic mass is 9.91. The van der Waals surface area contributed by atoms with Crippen LogP contribution in [0.15, 0.2) is 12.5 Å². The Morgan fingerprint density at radius 3 is 2.92 bits per heavy atom. The van der Waals surface area contributed by atoms with E-state index in [4.69, 9.17) is 4.74 Å². The van der Waals surface area contributed by atoms with E-state index >= 15 is 0 Å². The average Bonchev–Trinajstić information content (AvgIpc) is 3.06. The Hall–Kier alpha value is -2.22. The van der Waals surface area contributed by atoms with Crippen molar-refractivity contribution in [3.05, 3.63) is 29.9 Å². The normalized spacial score (nSPS) is 23.4. The van der Waals surface area contributed by atoms with Crippen LogP contribution in [0.25, 0.3) is 0 Å². The highest BCUT2D eigenvalue weighted by atomic mass is 16.5. The fraction of sp³-hybridized carbons (Fsp3) is 0.647. The number of likely N-dealkylation sites (tertiary alicyclic amines) is 1. The first-order chi connectivity index (χ1) is 12.2. The Kier molecular flexibility index (Phi) is 4.29. The molecule has 4 rings (SSSR count). The van der Waals surface area contributed by atoms with Gasteiger partial charge in [0.1, 0.15) is 12.3 Å². The van der Waals surface area contributed by atoms with Gasteiger partial charge in [0, 0.05) is 38.9 Å². The summed E-state index contributed by atoms with van der Waals surface area (Å²) >= 11 is 0. The highest BCUT2D eigenvalue weighted by molar-refractivity contribution is 5.92. The maximum absolute atomic E-state index is 12.8. The molecule has 1 aliphatic carbocycles. The zero-order chi connectivity index (χ0) is 17.4. The van der Waals surface area contributed by atoms with Crippen LogP contribution < -0.4 is 0 Å². The van der Waals surface area contributed by atoms with Crippen molar-refractivity contribution in [3.63, 3.8) is 0 Å². The fourth-order valence-electron chi connectivity index (χ4n) is 3.75. The monoisotopic (exact) mass is 344 g/mol. The maximum Gasteiger partial charge on any atom is 0.274 e. The molecule has 0 unspecified atom stereocenters. The van der Waals surface area contributed by atoms with Crippen molar-refractivity contribution in [3.8, 4) is 0 Å². The molecule has 0 radical (unpaired) electrons. The number of carbonyl (C=O) groups excluding carboxylic acids is 1. The van der Waals surface area contributed by atoms with Crippen LogP contribution in [0.5, 0.6) is 0 Å². The van der Waals surface area contributed by atoms with Crippen molar-refractivity contribution in [1.82, 2.24) is 29.6 Å². The Labute approximate surface area is 146 Å². The number of nitrogens with one attached hydrogen (secondary N) is 1. The highest BCUT2D eigenvalue weighted by Gasteiger charge is 2.46. The van der Waals surface area contributed by atoms with Gasteiger partial charge in [-0.1, -0.05) is 0 Å². The van der Waals surface area contributed by atoms with Gasteiger partial charge in [0.15, 0.2) is 11.6 Å². The van der Waals surface area contributed by atoms with Crippen molar-refractivity contribution in [2.24, 2.45) is 11.8 Å². The van der Waals surface area contributed by atoms with Gasteiger partial charge in [-0.2, -0.15) is 5.10 Å². The second-order valence-electron chi connectivity index (χ2n) is 6.98. The van der Waals surface area contributed by atoms with Gasteiger partial charge in [0.2, 0.25) is 0 Å². The van der Waals surface area contributed by atoms with Gasteiger partial charge in [-0.25, -0.2) is 9.97 Å². The lowest BCUT2D eigenvalue weighted by molar-refractivity contribution is 0.0779. The van der Waals surface area contributed by atoms with Crippen LogP contribution in [0, 0.1) is 11.8 Å². The third-order valence-corrected chi connectivity index (χ3v) is 5.26. The zero-order valence-electron chi connectivity index (χ0n) is 14.7. The summed E-state index contributed by atoms with van der Waals surface area (Å²) in [5.74, 6) is 2.85. The SMILES string of the molecule is CCn1cnc(C(=O)N2C[C@H](c3n[nH]c(COC)n3)[C@@H](C3CC3)C2)c1. The van der Waals surface area contributed by atoms with Crippen molar-refractivity contribution in [1.29, 1.82) is 0 Å². The summed E-state index contributed by atoms with van der Waals surface area (Å²) in [6.45, 7) is 4.69. The smallest absolute Gasteiger partial charge is 0.274 e. The van der Waals surface area contributed by atoms with Crippen LogP contribution in [0.3, 0.4) is 0 Å². The molecule has 2 aromatic rings. The van der Waals surface area contributed by atoms with Crippen molar-refractivity contribution < 1.29 is 9.53 Å². The Morgan fingerprint density at radius 1 is 1.40 bits per heavy atom. The average molecular weight is 344 g/mol. The first-order valence-electron chi connectivity index (χ1n) is 8.90. The lowest BCUT2D eigenvalue weighted by Crippen LogP contribution is -2.29. The fourth-order valence-corrected chi connectivity index (χ4v) is 3.75. The number of ether oxygens (including phenoxy) is 1. The summed E-state index contributed by atoms with van der Waals surface area (Å²) in [6.07, 6.45) is 6.02. The minimum absolute atomic E-state index is 0.00741. The number of aromatic nitrogens is 5. The number of nitrogens with zero attached hydrogens (tertiary/aromatic N) is 5. The van der Waals surface area contributed by atoms with E-state index in [2.05, 4.69) is 20.2 Å². The third-order valence-electron chi connectivity index (χ3n) is 5.26. The Morgan fingerprint density at radius 2 is 2.24 bits per heavy atom. The lowest BCUT2D eigenvalue weighted by Gasteiger charge is -2.14. The van der Waals surface area contributed by atoms with Crippen LogP contribution in [0.4, 0.5) is 0 Å². The molecule has 8 nitrogen and oxygen atoms in total. The predicted octanol–water partition coefficient (Wildman–Crippen LogP) is 1.43. The van der Waals surface area contributed by atoms with E-state index in [1.165, 1.54) is 12.8 Å². The minimum Gasteiger partial charge on any atom is -0.377 e. The summed E-state index contributed by atoms with van der Waals surface area (Å²) in [7, 11) is 1.64. The number of rotatable bonds is 6. The summed E-state index contributed by atoms with van der Waals surface area (Å²) in [5, 5.41) is 7.33. The quantitative estimate of drug-likeness (QED) is 0.856. The molecular weight excluding hydrogens is 320 g/mol. The molecule has 2 aliphatic rings. The van der Waals surface area contributed by atoms with Crippen LogP contribution in [-0.2, 0) is 17.9 Å². The number of imidazole rings is 1. The van der Waals surface area contributed by atoms with Gasteiger partial charge >= 0.3 is 0 Å². The first-order valence-corrected chi connectivity index (χ1v) is 8.90. The summed E-state index contributed by atoms with van der Waals surface area (Å²) in [4.78, 5) is 23.6. The number of hydrogen-bond acceptors (Lipinski definition) is 5. The van der Waals surface area contributed by atoms with Crippen molar-refractivity contribution in [2.45, 2.75) is 38.8 Å². The van der Waals surface area contributed by atoms with E-state index in [0.717, 1.165) is 24.7 Å². The third kappa shape index (κ3) is 3.18. The summed E-state index contributed by atoms with van der Waals surface area (Å²) in [5.41, 5.74) is 0.520. The number of amides is 1. The van der Waals surface area contributed by atoms with Crippen molar-refractivity contribution in [2.75, 3.05) is 20.2 Å². The van der Waals surface area contributed by atoms with E-state index in [1.807, 2.05) is 22.6 Å². The van der Waals surface area contributed by atoms with Gasteiger partial charge in [-0.05, 0) is 31.6 Å². The number of carbonyl (C=O) groups is 1. The standard InChI is InChI=1S/C17H24N6O2/c1-3-22-8-14(18-10-22)17(24)23-6-12(11-4-5-11)13(7-23)16-19-15(9-25-2)20-21-16/h8,10-13H,3-7,9H2,1-2H3,(H,19,20,21)/t12-,13+/m1/s1. The van der Waals surface area contributed by atoms with E-state index in [0.29, 0.717) is 30.7 Å². The van der Waals surface area contributed by atoms with Crippen LogP contribution in [-0.4, -0.2) is 55.7 Å². The summed E-state index contributed by atoms with van der Waals surface area (Å²) in [6, 6.07) is 0. The Balaban J connectivity index is 1.52. The molecule has 1 saturated heterocycles. The van der Waals surface area contributed by atoms with E-state index in [-0.39, 0.29) is 11.8 Å². The number of H-pyrrole nitrogens is 1. The topological polar surface area (TPSA) is 88.9 Å². The summed E-state index contributed by atoms with van der Waals surface area (Å²) < 4.78 is 7.03. The van der Waals surface area contributed by atoms with Gasteiger partial charge in [0.25, 0.3) is 5.91 Å². The second kappa shape index (κ2) is 6.59.